The SMILES string of the molecule is CCC1(O)CN(Cc2csc3ccccc23)C1. The van der Waals surface area contributed by atoms with Crippen LogP contribution in [-0.2, 0) is 6.54 Å². The zero-order valence-electron chi connectivity index (χ0n) is 10.0. The van der Waals surface area contributed by atoms with Gasteiger partial charge >= 0.3 is 0 Å². The van der Waals surface area contributed by atoms with E-state index in [0.717, 1.165) is 26.1 Å². The molecule has 2 aromatic rings. The Balaban J connectivity index is 1.74. The van der Waals surface area contributed by atoms with Crippen LogP contribution in [0.3, 0.4) is 0 Å². The highest BCUT2D eigenvalue weighted by Gasteiger charge is 2.39. The molecule has 0 radical (unpaired) electrons. The van der Waals surface area contributed by atoms with Crippen LogP contribution in [0.25, 0.3) is 10.1 Å². The maximum absolute atomic E-state index is 9.99. The van der Waals surface area contributed by atoms with Gasteiger partial charge in [-0.05, 0) is 28.8 Å². The van der Waals surface area contributed by atoms with Gasteiger partial charge in [0.15, 0.2) is 0 Å². The Kier molecular flexibility index (Phi) is 2.69. The smallest absolute Gasteiger partial charge is 0.0897 e. The molecule has 0 unspecified atom stereocenters. The van der Waals surface area contributed by atoms with E-state index in [9.17, 15) is 5.11 Å². The number of aliphatic hydroxyl groups is 1. The van der Waals surface area contributed by atoms with E-state index in [1.54, 1.807) is 11.3 Å². The second kappa shape index (κ2) is 4.09. The summed E-state index contributed by atoms with van der Waals surface area (Å²) >= 11 is 1.81. The Labute approximate surface area is 105 Å². The lowest BCUT2D eigenvalue weighted by Crippen LogP contribution is -2.60. The molecular weight excluding hydrogens is 230 g/mol. The average Bonchev–Trinajstić information content (AvgIpc) is 2.71. The monoisotopic (exact) mass is 247 g/mol. The molecule has 1 N–H and O–H groups in total. The molecule has 1 aromatic carbocycles. The third-order valence-electron chi connectivity index (χ3n) is 3.65. The molecule has 1 aliphatic rings. The van der Waals surface area contributed by atoms with Crippen molar-refractivity contribution in [3.8, 4) is 0 Å². The first-order chi connectivity index (χ1) is 8.20. The number of rotatable bonds is 3. The van der Waals surface area contributed by atoms with Crippen molar-refractivity contribution >= 4 is 21.4 Å². The molecule has 1 fully saturated rings. The van der Waals surface area contributed by atoms with Crippen LogP contribution in [0.1, 0.15) is 18.9 Å². The maximum atomic E-state index is 9.99. The van der Waals surface area contributed by atoms with Crippen molar-refractivity contribution in [1.29, 1.82) is 0 Å². The van der Waals surface area contributed by atoms with Crippen LogP contribution in [0, 0.1) is 0 Å². The molecule has 0 saturated carbocycles. The van der Waals surface area contributed by atoms with E-state index in [-0.39, 0.29) is 0 Å². The number of benzene rings is 1. The lowest BCUT2D eigenvalue weighted by molar-refractivity contribution is -0.103. The van der Waals surface area contributed by atoms with Crippen molar-refractivity contribution in [3.05, 3.63) is 35.2 Å². The number of nitrogens with zero attached hydrogens (tertiary/aromatic N) is 1. The first-order valence-electron chi connectivity index (χ1n) is 6.10. The fraction of sp³-hybridized carbons (Fsp3) is 0.429. The molecule has 2 heterocycles. The van der Waals surface area contributed by atoms with Crippen molar-refractivity contribution in [2.75, 3.05) is 13.1 Å². The highest BCUT2D eigenvalue weighted by atomic mass is 32.1. The van der Waals surface area contributed by atoms with E-state index < -0.39 is 5.60 Å². The minimum absolute atomic E-state index is 0.425. The Bertz CT molecular complexity index is 528. The number of fused-ring (bicyclic) bond motifs is 1. The predicted octanol–water partition coefficient (Wildman–Crippen LogP) is 2.86. The summed E-state index contributed by atoms with van der Waals surface area (Å²) in [4.78, 5) is 2.32. The molecule has 2 nitrogen and oxygen atoms in total. The Morgan fingerprint density at radius 3 is 2.88 bits per heavy atom. The Morgan fingerprint density at radius 1 is 1.35 bits per heavy atom. The van der Waals surface area contributed by atoms with Crippen LogP contribution in [0.4, 0.5) is 0 Å². The minimum atomic E-state index is -0.425. The summed E-state index contributed by atoms with van der Waals surface area (Å²) in [5.41, 5.74) is 0.968. The molecule has 90 valence electrons. The van der Waals surface area contributed by atoms with Crippen molar-refractivity contribution in [1.82, 2.24) is 4.90 Å². The van der Waals surface area contributed by atoms with Gasteiger partial charge in [0.1, 0.15) is 0 Å². The lowest BCUT2D eigenvalue weighted by Gasteiger charge is -2.46. The molecular formula is C14H17NOS. The van der Waals surface area contributed by atoms with Gasteiger partial charge in [0.2, 0.25) is 0 Å². The number of thiophene rings is 1. The summed E-state index contributed by atoms with van der Waals surface area (Å²) in [5.74, 6) is 0. The van der Waals surface area contributed by atoms with E-state index in [2.05, 4.69) is 41.5 Å². The number of β-amino-alcohol motifs (C(OH)–C–C–N with tert-alkyl or cyclic N) is 1. The van der Waals surface area contributed by atoms with E-state index >= 15 is 0 Å². The minimum Gasteiger partial charge on any atom is -0.387 e. The first kappa shape index (κ1) is 11.2. The van der Waals surface area contributed by atoms with Gasteiger partial charge in [0.05, 0.1) is 5.60 Å². The zero-order chi connectivity index (χ0) is 11.9. The van der Waals surface area contributed by atoms with E-state index in [4.69, 9.17) is 0 Å². The topological polar surface area (TPSA) is 23.5 Å². The van der Waals surface area contributed by atoms with Crippen molar-refractivity contribution < 1.29 is 5.11 Å². The fourth-order valence-electron chi connectivity index (χ4n) is 2.52. The van der Waals surface area contributed by atoms with E-state index in [0.29, 0.717) is 0 Å². The van der Waals surface area contributed by atoms with E-state index in [1.807, 2.05) is 0 Å². The highest BCUT2D eigenvalue weighted by molar-refractivity contribution is 7.17. The molecule has 0 atom stereocenters. The molecule has 1 aromatic heterocycles. The van der Waals surface area contributed by atoms with Gasteiger partial charge in [0.25, 0.3) is 0 Å². The summed E-state index contributed by atoms with van der Waals surface area (Å²) in [6.07, 6.45) is 0.855. The lowest BCUT2D eigenvalue weighted by atomic mass is 9.91. The second-order valence-electron chi connectivity index (χ2n) is 4.98. The summed E-state index contributed by atoms with van der Waals surface area (Å²) in [6.45, 7) is 4.64. The number of hydrogen-bond donors (Lipinski definition) is 1. The summed E-state index contributed by atoms with van der Waals surface area (Å²) in [6, 6.07) is 8.54. The van der Waals surface area contributed by atoms with Crippen LogP contribution >= 0.6 is 11.3 Å². The van der Waals surface area contributed by atoms with Gasteiger partial charge in [-0.25, -0.2) is 0 Å². The molecule has 0 bridgehead atoms. The van der Waals surface area contributed by atoms with Crippen LogP contribution in [0.15, 0.2) is 29.6 Å². The van der Waals surface area contributed by atoms with Crippen molar-refractivity contribution in [2.45, 2.75) is 25.5 Å². The quantitative estimate of drug-likeness (QED) is 0.901. The van der Waals surface area contributed by atoms with Crippen LogP contribution in [-0.4, -0.2) is 28.7 Å². The molecule has 3 rings (SSSR count). The highest BCUT2D eigenvalue weighted by Crippen LogP contribution is 2.30. The molecule has 0 spiro atoms. The second-order valence-corrected chi connectivity index (χ2v) is 5.89. The molecule has 0 amide bonds. The zero-order valence-corrected chi connectivity index (χ0v) is 10.8. The summed E-state index contributed by atoms with van der Waals surface area (Å²) in [7, 11) is 0. The first-order valence-corrected chi connectivity index (χ1v) is 6.98. The van der Waals surface area contributed by atoms with Crippen LogP contribution < -0.4 is 0 Å². The molecule has 17 heavy (non-hydrogen) atoms. The molecule has 1 aliphatic heterocycles. The van der Waals surface area contributed by atoms with Crippen LogP contribution in [0.2, 0.25) is 0 Å². The Morgan fingerprint density at radius 2 is 2.12 bits per heavy atom. The average molecular weight is 247 g/mol. The standard InChI is InChI=1S/C14H17NOS/c1-2-14(16)9-15(10-14)7-11-8-17-13-6-4-3-5-12(11)13/h3-6,8,16H,2,7,9-10H2,1H3. The van der Waals surface area contributed by atoms with Crippen LogP contribution in [0.5, 0.6) is 0 Å². The van der Waals surface area contributed by atoms with Gasteiger partial charge in [-0.2, -0.15) is 0 Å². The number of hydrogen-bond acceptors (Lipinski definition) is 3. The van der Waals surface area contributed by atoms with Gasteiger partial charge in [-0.1, -0.05) is 25.1 Å². The third kappa shape index (κ3) is 1.99. The largest absolute Gasteiger partial charge is 0.387 e. The molecule has 1 saturated heterocycles. The predicted molar refractivity (Wildman–Crippen MR) is 72.3 cm³/mol. The van der Waals surface area contributed by atoms with Gasteiger partial charge in [0, 0.05) is 24.3 Å². The molecule has 3 heteroatoms. The number of likely N-dealkylation sites (tertiary alicyclic amines) is 1. The summed E-state index contributed by atoms with van der Waals surface area (Å²) < 4.78 is 1.36. The van der Waals surface area contributed by atoms with Gasteiger partial charge in [-0.3, -0.25) is 4.90 Å². The molecule has 0 aliphatic carbocycles. The van der Waals surface area contributed by atoms with E-state index in [1.165, 1.54) is 15.6 Å². The Hall–Kier alpha value is -0.900. The summed E-state index contributed by atoms with van der Waals surface area (Å²) in [5, 5.41) is 13.6. The fourth-order valence-corrected chi connectivity index (χ4v) is 3.47. The normalized spacial score (nSPS) is 19.4. The van der Waals surface area contributed by atoms with Crippen molar-refractivity contribution in [3.63, 3.8) is 0 Å². The van der Waals surface area contributed by atoms with Crippen molar-refractivity contribution in [2.24, 2.45) is 0 Å². The third-order valence-corrected chi connectivity index (χ3v) is 4.66. The maximum Gasteiger partial charge on any atom is 0.0897 e. The van der Waals surface area contributed by atoms with Gasteiger partial charge < -0.3 is 5.11 Å². The van der Waals surface area contributed by atoms with Gasteiger partial charge in [-0.15, -0.1) is 11.3 Å².